The molecule has 1 aromatic heterocycles. The number of aryl methyl sites for hydroxylation is 1. The molecule has 170 valence electrons. The highest BCUT2D eigenvalue weighted by molar-refractivity contribution is 7.85. The Kier molecular flexibility index (Phi) is 5.31. The molecule has 8 heteroatoms. The average molecular weight is 465 g/mol. The summed E-state index contributed by atoms with van der Waals surface area (Å²) >= 11 is 0. The molecule has 2 aromatic carbocycles. The molecule has 2 atom stereocenters. The van der Waals surface area contributed by atoms with Gasteiger partial charge in [0, 0.05) is 34.6 Å². The summed E-state index contributed by atoms with van der Waals surface area (Å²) in [7, 11) is 0.544. The number of para-hydroxylation sites is 1. The van der Waals surface area contributed by atoms with Crippen molar-refractivity contribution in [3.63, 3.8) is 0 Å². The fourth-order valence-electron chi connectivity index (χ4n) is 4.43. The third-order valence-corrected chi connectivity index (χ3v) is 7.34. The molecule has 1 unspecified atom stereocenters. The van der Waals surface area contributed by atoms with E-state index in [0.717, 1.165) is 10.9 Å². The number of nitrogens with one attached hydrogen (secondary N) is 1. The molecule has 1 fully saturated rings. The number of nitrogens with zero attached hydrogens (tertiary/aromatic N) is 1. The minimum Gasteiger partial charge on any atom is -0.350 e. The number of ether oxygens (including phenoxy) is 2. The molecule has 0 aliphatic carbocycles. The first kappa shape index (κ1) is 21.8. The Morgan fingerprint density at radius 3 is 2.61 bits per heavy atom. The van der Waals surface area contributed by atoms with Crippen molar-refractivity contribution in [1.82, 2.24) is 9.88 Å². The van der Waals surface area contributed by atoms with Gasteiger partial charge in [-0.25, -0.2) is 0 Å². The molecule has 2 aliphatic rings. The topological polar surface area (TPSA) is 86.6 Å². The van der Waals surface area contributed by atoms with Crippen LogP contribution in [0.3, 0.4) is 0 Å². The lowest BCUT2D eigenvalue weighted by molar-refractivity contribution is -0.135. The van der Waals surface area contributed by atoms with Crippen LogP contribution in [0.2, 0.25) is 0 Å². The Balaban J connectivity index is 1.54. The first-order valence-corrected chi connectivity index (χ1v) is 12.0. The quantitative estimate of drug-likeness (QED) is 0.587. The second kappa shape index (κ2) is 8.06. The first-order chi connectivity index (χ1) is 15.7. The number of hydrogen-bond acceptors (Lipinski definition) is 5. The zero-order chi connectivity index (χ0) is 23.3. The van der Waals surface area contributed by atoms with E-state index in [0.29, 0.717) is 28.2 Å². The summed E-state index contributed by atoms with van der Waals surface area (Å²) in [6.45, 7) is 4.03. The van der Waals surface area contributed by atoms with Crippen LogP contribution < -0.4 is 5.32 Å². The van der Waals surface area contributed by atoms with Gasteiger partial charge in [-0.1, -0.05) is 30.3 Å². The van der Waals surface area contributed by atoms with E-state index in [1.54, 1.807) is 24.3 Å². The Morgan fingerprint density at radius 2 is 1.85 bits per heavy atom. The van der Waals surface area contributed by atoms with Gasteiger partial charge in [-0.15, -0.1) is 0 Å². The van der Waals surface area contributed by atoms with Crippen molar-refractivity contribution >= 4 is 44.7 Å². The van der Waals surface area contributed by atoms with Gasteiger partial charge >= 0.3 is 0 Å². The molecule has 0 radical (unpaired) electrons. The Labute approximate surface area is 193 Å². The molecule has 0 spiro atoms. The van der Waals surface area contributed by atoms with Crippen molar-refractivity contribution in [1.29, 1.82) is 0 Å². The van der Waals surface area contributed by atoms with E-state index >= 15 is 0 Å². The zero-order valence-electron chi connectivity index (χ0n) is 18.6. The molecular weight excluding hydrogens is 440 g/mol. The van der Waals surface area contributed by atoms with E-state index in [-0.39, 0.29) is 17.4 Å². The number of carbonyl (C=O) groups excluding carboxylic acids is 2. The number of hydrogen-bond donors (Lipinski definition) is 1. The van der Waals surface area contributed by atoms with E-state index < -0.39 is 28.4 Å². The minimum absolute atomic E-state index is 0.272. The highest BCUT2D eigenvalue weighted by Gasteiger charge is 2.35. The van der Waals surface area contributed by atoms with Crippen LogP contribution in [-0.2, 0) is 36.9 Å². The maximum atomic E-state index is 13.0. The molecule has 1 N–H and O–H groups in total. The molecule has 0 bridgehead atoms. The molecule has 33 heavy (non-hydrogen) atoms. The lowest BCUT2D eigenvalue weighted by Gasteiger charge is -2.17. The largest absolute Gasteiger partial charge is 0.350 e. The molecule has 3 heterocycles. The van der Waals surface area contributed by atoms with Gasteiger partial charge in [0.1, 0.15) is 0 Å². The van der Waals surface area contributed by atoms with Crippen LogP contribution in [0.4, 0.5) is 0 Å². The minimum atomic E-state index is -1.36. The second-order valence-electron chi connectivity index (χ2n) is 8.69. The summed E-state index contributed by atoms with van der Waals surface area (Å²) in [4.78, 5) is 26.2. The van der Waals surface area contributed by atoms with E-state index in [1.165, 1.54) is 0 Å². The Bertz CT molecular complexity index is 1350. The van der Waals surface area contributed by atoms with Crippen LogP contribution in [0, 0.1) is 0 Å². The summed E-state index contributed by atoms with van der Waals surface area (Å²) in [5.74, 6) is -1.29. The normalized spacial score (nSPS) is 21.1. The number of amides is 2. The Hall–Kier alpha value is -3.07. The highest BCUT2D eigenvalue weighted by Crippen LogP contribution is 2.36. The number of rotatable bonds is 5. The lowest BCUT2D eigenvalue weighted by atomic mass is 9.96. The fourth-order valence-corrected chi connectivity index (χ4v) is 5.62. The van der Waals surface area contributed by atoms with Gasteiger partial charge in [0.2, 0.25) is 0 Å². The maximum absolute atomic E-state index is 13.0. The highest BCUT2D eigenvalue weighted by atomic mass is 32.2. The summed E-state index contributed by atoms with van der Waals surface area (Å²) in [6.07, 6.45) is 1.59. The predicted octanol–water partition coefficient (Wildman–Crippen LogP) is 3.00. The van der Waals surface area contributed by atoms with Gasteiger partial charge in [-0.05, 0) is 37.6 Å². The monoisotopic (exact) mass is 464 g/mol. The summed E-state index contributed by atoms with van der Waals surface area (Å²) in [5, 5.41) is 3.32. The lowest BCUT2D eigenvalue weighted by Crippen LogP contribution is -2.24. The number of carbonyl (C=O) groups is 2. The third kappa shape index (κ3) is 3.94. The van der Waals surface area contributed by atoms with Gasteiger partial charge in [0.15, 0.2) is 5.79 Å². The molecule has 2 amide bonds. The first-order valence-electron chi connectivity index (χ1n) is 10.7. The number of imide groups is 1. The smallest absolute Gasteiger partial charge is 0.259 e. The van der Waals surface area contributed by atoms with E-state index in [1.807, 2.05) is 55.9 Å². The van der Waals surface area contributed by atoms with Crippen molar-refractivity contribution in [3.05, 3.63) is 65.9 Å². The molecule has 2 aliphatic heterocycles. The van der Waals surface area contributed by atoms with E-state index in [4.69, 9.17) is 9.47 Å². The van der Waals surface area contributed by atoms with Crippen LogP contribution in [0.15, 0.2) is 59.6 Å². The zero-order valence-corrected chi connectivity index (χ0v) is 19.4. The molecule has 0 saturated carbocycles. The molecule has 3 aromatic rings. The van der Waals surface area contributed by atoms with Crippen molar-refractivity contribution in [2.24, 2.45) is 7.05 Å². The van der Waals surface area contributed by atoms with Crippen molar-refractivity contribution < 1.29 is 23.3 Å². The number of aromatic nitrogens is 1. The number of fused-ring (bicyclic) bond motifs is 1. The van der Waals surface area contributed by atoms with Crippen LogP contribution >= 0.6 is 0 Å². The molecule has 1 saturated heterocycles. The van der Waals surface area contributed by atoms with Crippen LogP contribution in [-0.4, -0.2) is 44.8 Å². The maximum Gasteiger partial charge on any atom is 0.259 e. The second-order valence-corrected chi connectivity index (χ2v) is 10.2. The molecular formula is C25H24N2O5S. The van der Waals surface area contributed by atoms with Gasteiger partial charge in [0.25, 0.3) is 11.8 Å². The van der Waals surface area contributed by atoms with Crippen LogP contribution in [0.5, 0.6) is 0 Å². The van der Waals surface area contributed by atoms with Crippen LogP contribution in [0.1, 0.15) is 25.0 Å². The van der Waals surface area contributed by atoms with Crippen molar-refractivity contribution in [2.75, 3.05) is 12.4 Å². The van der Waals surface area contributed by atoms with Crippen molar-refractivity contribution in [3.8, 4) is 0 Å². The summed E-state index contributed by atoms with van der Waals surface area (Å²) in [6, 6.07) is 14.7. The van der Waals surface area contributed by atoms with Crippen LogP contribution in [0.25, 0.3) is 22.0 Å². The predicted molar refractivity (Wildman–Crippen MR) is 126 cm³/mol. The van der Waals surface area contributed by atoms with Crippen molar-refractivity contribution in [2.45, 2.75) is 30.6 Å². The van der Waals surface area contributed by atoms with E-state index in [9.17, 15) is 13.8 Å². The average Bonchev–Trinajstić information content (AvgIpc) is 3.40. The molecule has 7 nitrogen and oxygen atoms in total. The standard InChI is InChI=1S/C25H24N2O5S/c1-25(2)31-13-16(32-25)14-33(30)17-8-6-7-15(11-17)21-22(24(29)26-23(21)28)19-12-27(3)20-10-5-4-9-18(19)20/h4-12,16H,13-14H2,1-3H3,(H,26,28,29)/t16-,33?/m1/s1. The summed E-state index contributed by atoms with van der Waals surface area (Å²) in [5.41, 5.74) is 2.82. The van der Waals surface area contributed by atoms with E-state index in [2.05, 4.69) is 5.32 Å². The van der Waals surface area contributed by atoms with Gasteiger partial charge < -0.3 is 14.0 Å². The third-order valence-electron chi connectivity index (χ3n) is 5.89. The fraction of sp³-hybridized carbons (Fsp3) is 0.280. The number of benzene rings is 2. The Morgan fingerprint density at radius 1 is 1.09 bits per heavy atom. The SMILES string of the molecule is Cn1cc(C2=C(c3cccc(S(=O)C[C@H]4COC(C)(C)O4)c3)C(=O)NC2=O)c2ccccc21. The van der Waals surface area contributed by atoms with Gasteiger partial charge in [-0.3, -0.25) is 19.1 Å². The van der Waals surface area contributed by atoms with Gasteiger partial charge in [-0.2, -0.15) is 0 Å². The summed E-state index contributed by atoms with van der Waals surface area (Å²) < 4.78 is 26.3. The van der Waals surface area contributed by atoms with Gasteiger partial charge in [0.05, 0.1) is 40.4 Å². The molecule has 5 rings (SSSR count).